The molecule has 0 saturated carbocycles. The maximum atomic E-state index is 11.7. The van der Waals surface area contributed by atoms with E-state index < -0.39 is 0 Å². The van der Waals surface area contributed by atoms with Gasteiger partial charge in [0.1, 0.15) is 0 Å². The van der Waals surface area contributed by atoms with Crippen molar-refractivity contribution in [2.75, 3.05) is 5.73 Å². The van der Waals surface area contributed by atoms with Gasteiger partial charge in [-0.15, -0.1) is 0 Å². The molecule has 0 bridgehead atoms. The quantitative estimate of drug-likeness (QED) is 0.671. The fourth-order valence-electron chi connectivity index (χ4n) is 1.59. The zero-order chi connectivity index (χ0) is 14.4. The van der Waals surface area contributed by atoms with Gasteiger partial charge in [0.05, 0.1) is 10.7 Å². The molecule has 0 unspecified atom stereocenters. The van der Waals surface area contributed by atoms with E-state index in [1.807, 2.05) is 12.1 Å². The molecule has 1 aromatic carbocycles. The van der Waals surface area contributed by atoms with Gasteiger partial charge in [0.15, 0.2) is 0 Å². The van der Waals surface area contributed by atoms with Gasteiger partial charge in [-0.1, -0.05) is 17.7 Å². The number of pyridine rings is 1. The Bertz CT molecular complexity index is 626. The molecular weight excluding hydrogens is 274 g/mol. The summed E-state index contributed by atoms with van der Waals surface area (Å²) in [5.74, 6) is -0.171. The number of aromatic nitrogens is 1. The van der Waals surface area contributed by atoms with Crippen molar-refractivity contribution >= 4 is 29.3 Å². The van der Waals surface area contributed by atoms with Crippen LogP contribution in [-0.2, 0) is 11.3 Å². The monoisotopic (exact) mass is 287 g/mol. The normalized spacial score (nSPS) is 10.7. The van der Waals surface area contributed by atoms with Crippen molar-refractivity contribution in [2.45, 2.75) is 6.54 Å². The van der Waals surface area contributed by atoms with Crippen LogP contribution >= 0.6 is 11.6 Å². The van der Waals surface area contributed by atoms with Gasteiger partial charge >= 0.3 is 0 Å². The molecule has 1 amide bonds. The van der Waals surface area contributed by atoms with Crippen molar-refractivity contribution < 1.29 is 4.79 Å². The van der Waals surface area contributed by atoms with Gasteiger partial charge in [-0.25, -0.2) is 0 Å². The average molecular weight is 288 g/mol. The first-order valence-electron chi connectivity index (χ1n) is 6.05. The summed E-state index contributed by atoms with van der Waals surface area (Å²) in [6, 6.07) is 8.92. The highest BCUT2D eigenvalue weighted by Crippen LogP contribution is 2.19. The smallest absolute Gasteiger partial charge is 0.244 e. The minimum absolute atomic E-state index is 0.171. The summed E-state index contributed by atoms with van der Waals surface area (Å²) in [5.41, 5.74) is 8.00. The number of nitrogens with two attached hydrogens (primary N) is 1. The predicted octanol–water partition coefficient (Wildman–Crippen LogP) is 2.65. The Morgan fingerprint density at radius 1 is 1.30 bits per heavy atom. The maximum absolute atomic E-state index is 11.7. The summed E-state index contributed by atoms with van der Waals surface area (Å²) in [5, 5.41) is 3.29. The Kier molecular flexibility index (Phi) is 4.74. The number of carbonyl (C=O) groups excluding carboxylic acids is 1. The third-order valence-corrected chi connectivity index (χ3v) is 3.01. The molecule has 0 radical (unpaired) electrons. The number of hydrogen-bond donors (Lipinski definition) is 2. The standard InChI is InChI=1S/C15H14ClN3O/c16-13-3-1-11(9-14(13)17)2-4-15(20)19-10-12-5-7-18-8-6-12/h1-9H,10,17H2,(H,19,20)/b4-2+. The minimum atomic E-state index is -0.171. The fourth-order valence-corrected chi connectivity index (χ4v) is 1.70. The Labute approximate surface area is 122 Å². The van der Waals surface area contributed by atoms with E-state index >= 15 is 0 Å². The van der Waals surface area contributed by atoms with E-state index in [4.69, 9.17) is 17.3 Å². The lowest BCUT2D eigenvalue weighted by Crippen LogP contribution is -2.20. The van der Waals surface area contributed by atoms with E-state index in [2.05, 4.69) is 10.3 Å². The second-order valence-corrected chi connectivity index (χ2v) is 4.59. The first kappa shape index (κ1) is 14.1. The number of carbonyl (C=O) groups is 1. The summed E-state index contributed by atoms with van der Waals surface area (Å²) in [4.78, 5) is 15.6. The maximum Gasteiger partial charge on any atom is 0.244 e. The van der Waals surface area contributed by atoms with Crippen molar-refractivity contribution in [3.05, 3.63) is 65.0 Å². The van der Waals surface area contributed by atoms with E-state index in [0.29, 0.717) is 17.3 Å². The lowest BCUT2D eigenvalue weighted by atomic mass is 10.2. The molecule has 102 valence electrons. The fraction of sp³-hybridized carbons (Fsp3) is 0.0667. The van der Waals surface area contributed by atoms with Crippen LogP contribution in [0.25, 0.3) is 6.08 Å². The highest BCUT2D eigenvalue weighted by molar-refractivity contribution is 6.33. The SMILES string of the molecule is Nc1cc(/C=C/C(=O)NCc2ccncc2)ccc1Cl. The minimum Gasteiger partial charge on any atom is -0.398 e. The van der Waals surface area contributed by atoms with E-state index in [9.17, 15) is 4.79 Å². The molecule has 5 heteroatoms. The van der Waals surface area contributed by atoms with Crippen molar-refractivity contribution in [2.24, 2.45) is 0 Å². The molecule has 0 saturated heterocycles. The third-order valence-electron chi connectivity index (χ3n) is 2.66. The molecule has 0 aliphatic carbocycles. The van der Waals surface area contributed by atoms with Crippen LogP contribution in [0, 0.1) is 0 Å². The second kappa shape index (κ2) is 6.73. The Morgan fingerprint density at radius 3 is 2.75 bits per heavy atom. The van der Waals surface area contributed by atoms with Crippen LogP contribution in [0.3, 0.4) is 0 Å². The predicted molar refractivity (Wildman–Crippen MR) is 81.0 cm³/mol. The first-order valence-corrected chi connectivity index (χ1v) is 6.43. The van der Waals surface area contributed by atoms with Gasteiger partial charge in [-0.2, -0.15) is 0 Å². The first-order chi connectivity index (χ1) is 9.65. The number of halogens is 1. The van der Waals surface area contributed by atoms with Crippen molar-refractivity contribution in [3.63, 3.8) is 0 Å². The molecule has 0 spiro atoms. The van der Waals surface area contributed by atoms with Gasteiger partial charge in [0.25, 0.3) is 0 Å². The molecule has 0 aliphatic rings. The number of benzene rings is 1. The summed E-state index contributed by atoms with van der Waals surface area (Å²) >= 11 is 5.83. The molecular formula is C15H14ClN3O. The van der Waals surface area contributed by atoms with Crippen LogP contribution in [0.4, 0.5) is 5.69 Å². The molecule has 0 aliphatic heterocycles. The second-order valence-electron chi connectivity index (χ2n) is 4.19. The van der Waals surface area contributed by atoms with Gasteiger partial charge in [-0.05, 0) is 41.5 Å². The van der Waals surface area contributed by atoms with Crippen molar-refractivity contribution in [1.29, 1.82) is 0 Å². The summed E-state index contributed by atoms with van der Waals surface area (Å²) in [6.07, 6.45) is 6.53. The number of nitrogens with zero attached hydrogens (tertiary/aromatic N) is 1. The van der Waals surface area contributed by atoms with Crippen LogP contribution in [-0.4, -0.2) is 10.9 Å². The summed E-state index contributed by atoms with van der Waals surface area (Å²) < 4.78 is 0. The number of hydrogen-bond acceptors (Lipinski definition) is 3. The van der Waals surface area contributed by atoms with Gasteiger partial charge in [-0.3, -0.25) is 9.78 Å². The van der Waals surface area contributed by atoms with Crippen LogP contribution in [0.5, 0.6) is 0 Å². The number of nitrogens with one attached hydrogen (secondary N) is 1. The Morgan fingerprint density at radius 2 is 2.05 bits per heavy atom. The van der Waals surface area contributed by atoms with E-state index in [1.165, 1.54) is 6.08 Å². The molecule has 1 heterocycles. The zero-order valence-electron chi connectivity index (χ0n) is 10.7. The van der Waals surface area contributed by atoms with Crippen LogP contribution in [0.15, 0.2) is 48.8 Å². The molecule has 0 atom stereocenters. The van der Waals surface area contributed by atoms with Crippen molar-refractivity contribution in [1.82, 2.24) is 10.3 Å². The van der Waals surface area contributed by atoms with Gasteiger partial charge < -0.3 is 11.1 Å². The third kappa shape index (κ3) is 4.10. The Hall–Kier alpha value is -2.33. The molecule has 20 heavy (non-hydrogen) atoms. The largest absolute Gasteiger partial charge is 0.398 e. The van der Waals surface area contributed by atoms with Crippen LogP contribution in [0.1, 0.15) is 11.1 Å². The highest BCUT2D eigenvalue weighted by atomic mass is 35.5. The zero-order valence-corrected chi connectivity index (χ0v) is 11.5. The molecule has 3 N–H and O–H groups in total. The van der Waals surface area contributed by atoms with Gasteiger partial charge in [0, 0.05) is 25.0 Å². The highest BCUT2D eigenvalue weighted by Gasteiger charge is 1.98. The lowest BCUT2D eigenvalue weighted by Gasteiger charge is -2.02. The molecule has 1 aromatic heterocycles. The van der Waals surface area contributed by atoms with Crippen LogP contribution in [0.2, 0.25) is 5.02 Å². The number of rotatable bonds is 4. The van der Waals surface area contributed by atoms with E-state index in [0.717, 1.165) is 11.1 Å². The van der Waals surface area contributed by atoms with E-state index in [1.54, 1.807) is 36.7 Å². The molecule has 2 aromatic rings. The molecule has 0 fully saturated rings. The Balaban J connectivity index is 1.90. The van der Waals surface area contributed by atoms with Crippen LogP contribution < -0.4 is 11.1 Å². The summed E-state index contributed by atoms with van der Waals surface area (Å²) in [7, 11) is 0. The topological polar surface area (TPSA) is 68.0 Å². The van der Waals surface area contributed by atoms with E-state index in [-0.39, 0.29) is 5.91 Å². The van der Waals surface area contributed by atoms with Gasteiger partial charge in [0.2, 0.25) is 5.91 Å². The molecule has 4 nitrogen and oxygen atoms in total. The number of anilines is 1. The average Bonchev–Trinajstić information content (AvgIpc) is 2.47. The van der Waals surface area contributed by atoms with Crippen molar-refractivity contribution in [3.8, 4) is 0 Å². The molecule has 2 rings (SSSR count). The number of amides is 1. The lowest BCUT2D eigenvalue weighted by molar-refractivity contribution is -0.116. The number of nitrogen functional groups attached to an aromatic ring is 1. The summed E-state index contributed by atoms with van der Waals surface area (Å²) in [6.45, 7) is 0.467.